The molecule has 0 saturated heterocycles. The summed E-state index contributed by atoms with van der Waals surface area (Å²) in [4.78, 5) is 25.7. The molecule has 2 rings (SSSR count). The zero-order valence-electron chi connectivity index (χ0n) is 8.95. The smallest absolute Gasteiger partial charge is 0.210 e. The molecule has 0 N–H and O–H groups in total. The van der Waals surface area contributed by atoms with E-state index < -0.39 is 0 Å². The number of hydrogen-bond acceptors (Lipinski definition) is 3. The second kappa shape index (κ2) is 4.01. The second-order valence-corrected chi connectivity index (χ2v) is 4.94. The fourth-order valence-electron chi connectivity index (χ4n) is 1.69. The number of nitrogens with zero attached hydrogens (tertiary/aromatic N) is 1. The Morgan fingerprint density at radius 3 is 2.50 bits per heavy atom. The summed E-state index contributed by atoms with van der Waals surface area (Å²) in [5.74, 6) is -0.179. The van der Waals surface area contributed by atoms with Crippen molar-refractivity contribution in [2.75, 3.05) is 14.1 Å². The van der Waals surface area contributed by atoms with Gasteiger partial charge in [-0.1, -0.05) is 12.1 Å². The lowest BCUT2D eigenvalue weighted by atomic mass is 9.92. The van der Waals surface area contributed by atoms with Crippen molar-refractivity contribution in [2.45, 2.75) is 0 Å². The Balaban J connectivity index is 2.66. The lowest BCUT2D eigenvalue weighted by Gasteiger charge is -2.21. The molecule has 0 fully saturated rings. The molecule has 0 heterocycles. The molecule has 0 bridgehead atoms. The van der Waals surface area contributed by atoms with Crippen molar-refractivity contribution in [3.63, 3.8) is 0 Å². The Hall–Kier alpha value is -1.17. The first-order valence-electron chi connectivity index (χ1n) is 4.79. The molecule has 1 aliphatic rings. The molecule has 3 nitrogen and oxygen atoms in total. The Kier molecular flexibility index (Phi) is 2.84. The zero-order valence-corrected chi connectivity index (χ0v) is 11.1. The van der Waals surface area contributed by atoms with Gasteiger partial charge in [0.05, 0.1) is 5.70 Å². The average Bonchev–Trinajstić information content (AvgIpc) is 2.22. The van der Waals surface area contributed by atoms with Crippen LogP contribution in [0.15, 0.2) is 30.0 Å². The number of Topliss-reactive ketones (excluding diaryl/α,β-unsaturated/α-hetero) is 1. The van der Waals surface area contributed by atoms with Crippen LogP contribution < -0.4 is 0 Å². The second-order valence-electron chi connectivity index (χ2n) is 3.78. The zero-order chi connectivity index (χ0) is 11.9. The maximum Gasteiger partial charge on any atom is 0.210 e. The number of benzene rings is 1. The fourth-order valence-corrected chi connectivity index (χ4v) is 2.43. The van der Waals surface area contributed by atoms with Gasteiger partial charge in [-0.15, -0.1) is 0 Å². The van der Waals surface area contributed by atoms with E-state index in [-0.39, 0.29) is 11.6 Å². The molecule has 1 aliphatic carbocycles. The minimum Gasteiger partial charge on any atom is -0.374 e. The quantitative estimate of drug-likeness (QED) is 0.742. The SMILES string of the molecule is CN(C)C1=CC(=O)c2cccc(I)c2C1=O. The lowest BCUT2D eigenvalue weighted by Crippen LogP contribution is -2.26. The molecule has 0 amide bonds. The number of hydrogen-bond donors (Lipinski definition) is 0. The molecule has 0 spiro atoms. The maximum atomic E-state index is 12.2. The fraction of sp³-hybridized carbons (Fsp3) is 0.167. The van der Waals surface area contributed by atoms with Crippen LogP contribution in [0, 0.1) is 3.57 Å². The van der Waals surface area contributed by atoms with Crippen molar-refractivity contribution in [1.82, 2.24) is 4.90 Å². The van der Waals surface area contributed by atoms with Gasteiger partial charge in [-0.05, 0) is 28.7 Å². The standard InChI is InChI=1S/C12H10INO2/c1-14(2)9-6-10(15)7-4-3-5-8(13)11(7)12(9)16/h3-6H,1-2H3. The normalized spacial score (nSPS) is 14.6. The topological polar surface area (TPSA) is 37.4 Å². The van der Waals surface area contributed by atoms with Crippen LogP contribution in [0.2, 0.25) is 0 Å². The predicted molar refractivity (Wildman–Crippen MR) is 69.6 cm³/mol. The van der Waals surface area contributed by atoms with E-state index in [4.69, 9.17) is 0 Å². The Labute approximate surface area is 107 Å². The van der Waals surface area contributed by atoms with Crippen LogP contribution in [0.25, 0.3) is 0 Å². The highest BCUT2D eigenvalue weighted by Crippen LogP contribution is 2.26. The number of carbonyl (C=O) groups is 2. The molecule has 0 unspecified atom stereocenters. The first-order valence-corrected chi connectivity index (χ1v) is 5.87. The molecule has 4 heteroatoms. The van der Waals surface area contributed by atoms with Crippen molar-refractivity contribution in [3.8, 4) is 0 Å². The molecule has 0 aliphatic heterocycles. The highest BCUT2D eigenvalue weighted by molar-refractivity contribution is 14.1. The summed E-state index contributed by atoms with van der Waals surface area (Å²) in [6.45, 7) is 0. The van der Waals surface area contributed by atoms with E-state index in [9.17, 15) is 9.59 Å². The third-order valence-electron chi connectivity index (χ3n) is 2.49. The third-order valence-corrected chi connectivity index (χ3v) is 3.39. The summed E-state index contributed by atoms with van der Waals surface area (Å²) < 4.78 is 0.820. The van der Waals surface area contributed by atoms with Crippen molar-refractivity contribution >= 4 is 34.2 Å². The van der Waals surface area contributed by atoms with E-state index in [2.05, 4.69) is 22.6 Å². The van der Waals surface area contributed by atoms with Crippen LogP contribution in [-0.2, 0) is 0 Å². The Morgan fingerprint density at radius 1 is 1.19 bits per heavy atom. The summed E-state index contributed by atoms with van der Waals surface area (Å²) in [5, 5.41) is 0. The largest absolute Gasteiger partial charge is 0.374 e. The number of carbonyl (C=O) groups excluding carboxylic acids is 2. The van der Waals surface area contributed by atoms with Gasteiger partial charge in [-0.25, -0.2) is 0 Å². The van der Waals surface area contributed by atoms with E-state index in [0.29, 0.717) is 16.8 Å². The van der Waals surface area contributed by atoms with Crippen molar-refractivity contribution in [3.05, 3.63) is 44.7 Å². The van der Waals surface area contributed by atoms with Crippen LogP contribution in [-0.4, -0.2) is 30.6 Å². The van der Waals surface area contributed by atoms with E-state index in [1.165, 1.54) is 6.08 Å². The molecule has 0 aromatic heterocycles. The van der Waals surface area contributed by atoms with Crippen LogP contribution in [0.5, 0.6) is 0 Å². The van der Waals surface area contributed by atoms with Gasteiger partial charge in [-0.3, -0.25) is 9.59 Å². The summed E-state index contributed by atoms with van der Waals surface area (Å²) in [6.07, 6.45) is 1.40. The molecular weight excluding hydrogens is 317 g/mol. The van der Waals surface area contributed by atoms with E-state index in [1.807, 2.05) is 6.07 Å². The number of likely N-dealkylation sites (N-methyl/N-ethyl adjacent to an activating group) is 1. The van der Waals surface area contributed by atoms with Gasteiger partial charge in [0.15, 0.2) is 5.78 Å². The van der Waals surface area contributed by atoms with Crippen LogP contribution in [0.1, 0.15) is 20.7 Å². The molecule has 0 saturated carbocycles. The minimum atomic E-state index is -0.100. The third kappa shape index (κ3) is 1.67. The van der Waals surface area contributed by atoms with Crippen molar-refractivity contribution in [1.29, 1.82) is 0 Å². The number of allylic oxidation sites excluding steroid dienone is 2. The molecule has 82 valence electrons. The number of fused-ring (bicyclic) bond motifs is 1. The number of halogens is 1. The number of rotatable bonds is 1. The van der Waals surface area contributed by atoms with Gasteiger partial charge in [0.2, 0.25) is 5.78 Å². The highest BCUT2D eigenvalue weighted by Gasteiger charge is 2.28. The van der Waals surface area contributed by atoms with Crippen LogP contribution in [0.3, 0.4) is 0 Å². The van der Waals surface area contributed by atoms with Gasteiger partial charge in [0.1, 0.15) is 0 Å². The van der Waals surface area contributed by atoms with Crippen LogP contribution >= 0.6 is 22.6 Å². The first kappa shape index (κ1) is 11.3. The molecule has 1 aromatic rings. The summed E-state index contributed by atoms with van der Waals surface area (Å²) in [6, 6.07) is 5.32. The van der Waals surface area contributed by atoms with Gasteiger partial charge in [0, 0.05) is 34.9 Å². The van der Waals surface area contributed by atoms with E-state index in [1.54, 1.807) is 31.1 Å². The van der Waals surface area contributed by atoms with E-state index >= 15 is 0 Å². The highest BCUT2D eigenvalue weighted by atomic mass is 127. The summed E-state index contributed by atoms with van der Waals surface area (Å²) in [5.41, 5.74) is 1.48. The average molecular weight is 327 g/mol. The molecular formula is C12H10INO2. The maximum absolute atomic E-state index is 12.2. The molecule has 1 aromatic carbocycles. The van der Waals surface area contributed by atoms with Crippen molar-refractivity contribution < 1.29 is 9.59 Å². The molecule has 0 atom stereocenters. The molecule has 16 heavy (non-hydrogen) atoms. The lowest BCUT2D eigenvalue weighted by molar-refractivity contribution is 0.0961. The van der Waals surface area contributed by atoms with Gasteiger partial charge >= 0.3 is 0 Å². The van der Waals surface area contributed by atoms with E-state index in [0.717, 1.165) is 3.57 Å². The Morgan fingerprint density at radius 2 is 1.88 bits per heavy atom. The molecule has 0 radical (unpaired) electrons. The minimum absolute atomic E-state index is 0.0791. The van der Waals surface area contributed by atoms with Gasteiger partial charge in [-0.2, -0.15) is 0 Å². The summed E-state index contributed by atoms with van der Waals surface area (Å²) >= 11 is 2.08. The number of ketones is 2. The van der Waals surface area contributed by atoms with Crippen molar-refractivity contribution in [2.24, 2.45) is 0 Å². The predicted octanol–water partition coefficient (Wildman–Crippen LogP) is 2.12. The summed E-state index contributed by atoms with van der Waals surface area (Å²) in [7, 11) is 3.52. The Bertz CT molecular complexity index is 518. The monoisotopic (exact) mass is 327 g/mol. The van der Waals surface area contributed by atoms with Gasteiger partial charge in [0.25, 0.3) is 0 Å². The first-order chi connectivity index (χ1) is 7.52. The van der Waals surface area contributed by atoms with Crippen LogP contribution in [0.4, 0.5) is 0 Å². The van der Waals surface area contributed by atoms with Gasteiger partial charge < -0.3 is 4.90 Å².